The highest BCUT2D eigenvalue weighted by Crippen LogP contribution is 2.34. The average molecular weight is 420 g/mol. The van der Waals surface area contributed by atoms with Crippen LogP contribution in [0.2, 0.25) is 0 Å². The summed E-state index contributed by atoms with van der Waals surface area (Å²) in [4.78, 5) is 21.5. The van der Waals surface area contributed by atoms with Gasteiger partial charge < -0.3 is 25.6 Å². The van der Waals surface area contributed by atoms with Crippen molar-refractivity contribution in [3.05, 3.63) is 72.1 Å². The predicted octanol–water partition coefficient (Wildman–Crippen LogP) is 3.23. The Kier molecular flexibility index (Phi) is 5.99. The molecule has 1 aliphatic rings. The highest BCUT2D eigenvalue weighted by atomic mass is 16.5. The van der Waals surface area contributed by atoms with Crippen LogP contribution < -0.4 is 15.4 Å². The highest BCUT2D eigenvalue weighted by molar-refractivity contribution is 5.72. The predicted molar refractivity (Wildman–Crippen MR) is 116 cm³/mol. The molecule has 1 aliphatic heterocycles. The number of carbonyl (C=O) groups is 1. The van der Waals surface area contributed by atoms with Gasteiger partial charge in [0.1, 0.15) is 23.9 Å². The maximum atomic E-state index is 11.2. The number of hydrogen-bond acceptors (Lipinski definition) is 7. The number of anilines is 2. The van der Waals surface area contributed by atoms with Crippen LogP contribution in [0.15, 0.2) is 60.9 Å². The van der Waals surface area contributed by atoms with Crippen LogP contribution in [-0.4, -0.2) is 39.2 Å². The molecule has 4 N–H and O–H groups in total. The molecule has 0 bridgehead atoms. The van der Waals surface area contributed by atoms with Crippen LogP contribution in [0.25, 0.3) is 0 Å². The second-order valence-electron chi connectivity index (χ2n) is 7.50. The Balaban J connectivity index is 1.46. The molecule has 0 saturated carbocycles. The van der Waals surface area contributed by atoms with Crippen molar-refractivity contribution in [3.63, 3.8) is 0 Å². The third-order valence-corrected chi connectivity index (χ3v) is 5.50. The summed E-state index contributed by atoms with van der Waals surface area (Å²) in [5.74, 6) is 0.219. The lowest BCUT2D eigenvalue weighted by Crippen LogP contribution is -2.37. The number of carboxylic acid groups (broad SMARTS) is 1. The Hall–Kier alpha value is -3.65. The van der Waals surface area contributed by atoms with Gasteiger partial charge in [-0.1, -0.05) is 42.5 Å². The summed E-state index contributed by atoms with van der Waals surface area (Å²) in [6.07, 6.45) is 1.75. The first-order valence-electron chi connectivity index (χ1n) is 10.1. The summed E-state index contributed by atoms with van der Waals surface area (Å²) in [6.45, 7) is 1.12. The van der Waals surface area contributed by atoms with Crippen molar-refractivity contribution in [3.8, 4) is 11.6 Å². The van der Waals surface area contributed by atoms with E-state index in [1.54, 1.807) is 24.3 Å². The van der Waals surface area contributed by atoms with Gasteiger partial charge >= 0.3 is 5.97 Å². The number of nitrogens with two attached hydrogens (primary N) is 1. The molecular weight excluding hydrogens is 396 g/mol. The monoisotopic (exact) mass is 420 g/mol. The van der Waals surface area contributed by atoms with Crippen molar-refractivity contribution in [2.45, 2.75) is 18.9 Å². The molecule has 1 fully saturated rings. The van der Waals surface area contributed by atoms with Gasteiger partial charge in [0.15, 0.2) is 5.82 Å². The first-order chi connectivity index (χ1) is 15.0. The normalized spacial score (nSPS) is 15.5. The topological polar surface area (TPSA) is 122 Å². The molecule has 8 heteroatoms. The van der Waals surface area contributed by atoms with E-state index in [4.69, 9.17) is 10.5 Å². The second-order valence-corrected chi connectivity index (χ2v) is 7.50. The number of benzene rings is 2. The minimum Gasteiger partial charge on any atom is -0.481 e. The lowest BCUT2D eigenvalue weighted by molar-refractivity contribution is -0.142. The van der Waals surface area contributed by atoms with Gasteiger partial charge in [-0.15, -0.1) is 0 Å². The molecule has 2 heterocycles. The molecule has 0 aliphatic carbocycles. The number of aliphatic carboxylic acids is 1. The lowest BCUT2D eigenvalue weighted by atomic mass is 9.97. The van der Waals surface area contributed by atoms with E-state index >= 15 is 0 Å². The molecule has 2 aromatic carbocycles. The summed E-state index contributed by atoms with van der Waals surface area (Å²) in [5.41, 5.74) is 8.13. The van der Waals surface area contributed by atoms with E-state index in [1.165, 1.54) is 6.33 Å². The number of carboxylic acids is 1. The van der Waals surface area contributed by atoms with Crippen LogP contribution >= 0.6 is 0 Å². The van der Waals surface area contributed by atoms with E-state index in [1.807, 2.05) is 35.2 Å². The Bertz CT molecular complexity index is 1040. The number of rotatable bonds is 6. The van der Waals surface area contributed by atoms with Crippen molar-refractivity contribution in [1.82, 2.24) is 9.97 Å². The van der Waals surface area contributed by atoms with Gasteiger partial charge in [0, 0.05) is 13.1 Å². The molecule has 1 aromatic heterocycles. The zero-order valence-electron chi connectivity index (χ0n) is 16.9. The van der Waals surface area contributed by atoms with Gasteiger partial charge in [-0.05, 0) is 36.1 Å². The number of piperidine rings is 1. The number of ether oxygens (including phenoxy) is 1. The SMILES string of the molecule is Nc1c(Oc2ccc(C(O)c3ccccc3)cc2)ncnc1N1CCC(C(=O)O)CC1. The maximum absolute atomic E-state index is 11.2. The Labute approximate surface area is 179 Å². The summed E-state index contributed by atoms with van der Waals surface area (Å²) in [6, 6.07) is 16.5. The minimum absolute atomic E-state index is 0.238. The number of nitrogen functional groups attached to an aromatic ring is 1. The fourth-order valence-electron chi connectivity index (χ4n) is 3.70. The molecule has 1 saturated heterocycles. The maximum Gasteiger partial charge on any atom is 0.306 e. The number of aromatic nitrogens is 2. The lowest BCUT2D eigenvalue weighted by Gasteiger charge is -2.31. The largest absolute Gasteiger partial charge is 0.481 e. The first kappa shape index (κ1) is 20.6. The van der Waals surface area contributed by atoms with Crippen molar-refractivity contribution >= 4 is 17.5 Å². The van der Waals surface area contributed by atoms with E-state index in [0.29, 0.717) is 43.2 Å². The zero-order valence-corrected chi connectivity index (χ0v) is 16.9. The molecule has 1 unspecified atom stereocenters. The summed E-state index contributed by atoms with van der Waals surface area (Å²) < 4.78 is 5.86. The van der Waals surface area contributed by atoms with Crippen molar-refractivity contribution in [1.29, 1.82) is 0 Å². The van der Waals surface area contributed by atoms with Gasteiger partial charge in [-0.3, -0.25) is 4.79 Å². The van der Waals surface area contributed by atoms with Crippen LogP contribution in [0.1, 0.15) is 30.1 Å². The minimum atomic E-state index is -0.764. The fourth-order valence-corrected chi connectivity index (χ4v) is 3.70. The van der Waals surface area contributed by atoms with E-state index in [2.05, 4.69) is 9.97 Å². The van der Waals surface area contributed by atoms with Gasteiger partial charge in [0.25, 0.3) is 0 Å². The van der Waals surface area contributed by atoms with E-state index in [9.17, 15) is 15.0 Å². The summed E-state index contributed by atoms with van der Waals surface area (Å²) >= 11 is 0. The Morgan fingerprint density at radius 1 is 1.03 bits per heavy atom. The highest BCUT2D eigenvalue weighted by Gasteiger charge is 2.27. The number of hydrogen-bond donors (Lipinski definition) is 3. The molecular formula is C23H24N4O4. The molecule has 3 aromatic rings. The Morgan fingerprint density at radius 2 is 1.68 bits per heavy atom. The average Bonchev–Trinajstić information content (AvgIpc) is 2.81. The standard InChI is InChI=1S/C23H24N4O4/c24-19-21(27-12-10-17(11-13-27)23(29)30)25-14-26-22(19)31-18-8-6-16(7-9-18)20(28)15-4-2-1-3-5-15/h1-9,14,17,20,28H,10-13,24H2,(H,29,30). The van der Waals surface area contributed by atoms with Crippen molar-refractivity contribution in [2.24, 2.45) is 5.92 Å². The quantitative estimate of drug-likeness (QED) is 0.556. The molecule has 0 amide bonds. The molecule has 160 valence electrons. The number of aliphatic hydroxyl groups is 1. The third kappa shape index (κ3) is 4.59. The van der Waals surface area contributed by atoms with E-state index in [0.717, 1.165) is 11.1 Å². The van der Waals surface area contributed by atoms with Gasteiger partial charge in [0.05, 0.1) is 5.92 Å². The molecule has 8 nitrogen and oxygen atoms in total. The van der Waals surface area contributed by atoms with Gasteiger partial charge in [0.2, 0.25) is 5.88 Å². The van der Waals surface area contributed by atoms with Crippen molar-refractivity contribution in [2.75, 3.05) is 23.7 Å². The van der Waals surface area contributed by atoms with Crippen LogP contribution in [0, 0.1) is 5.92 Å². The molecule has 0 radical (unpaired) electrons. The van der Waals surface area contributed by atoms with Crippen LogP contribution in [0.5, 0.6) is 11.6 Å². The molecule has 31 heavy (non-hydrogen) atoms. The van der Waals surface area contributed by atoms with Crippen molar-refractivity contribution < 1.29 is 19.7 Å². The molecule has 1 atom stereocenters. The van der Waals surface area contributed by atoms with E-state index in [-0.39, 0.29) is 11.8 Å². The van der Waals surface area contributed by atoms with Crippen LogP contribution in [0.4, 0.5) is 11.5 Å². The van der Waals surface area contributed by atoms with E-state index < -0.39 is 12.1 Å². The first-order valence-corrected chi connectivity index (χ1v) is 10.1. The smallest absolute Gasteiger partial charge is 0.306 e. The number of nitrogens with zero attached hydrogens (tertiary/aromatic N) is 3. The van der Waals surface area contributed by atoms with Crippen LogP contribution in [-0.2, 0) is 4.79 Å². The third-order valence-electron chi connectivity index (χ3n) is 5.50. The van der Waals surface area contributed by atoms with Gasteiger partial charge in [-0.25, -0.2) is 4.98 Å². The van der Waals surface area contributed by atoms with Gasteiger partial charge in [-0.2, -0.15) is 4.98 Å². The zero-order chi connectivity index (χ0) is 21.8. The summed E-state index contributed by atoms with van der Waals surface area (Å²) in [5, 5.41) is 19.7. The molecule has 4 rings (SSSR count). The molecule has 0 spiro atoms. The fraction of sp³-hybridized carbons (Fsp3) is 0.261. The summed E-state index contributed by atoms with van der Waals surface area (Å²) in [7, 11) is 0. The Morgan fingerprint density at radius 3 is 2.32 bits per heavy atom. The second kappa shape index (κ2) is 9.01. The number of aliphatic hydroxyl groups excluding tert-OH is 1. The van der Waals surface area contributed by atoms with Crippen LogP contribution in [0.3, 0.4) is 0 Å².